The Morgan fingerprint density at radius 3 is 2.55 bits per heavy atom. The van der Waals surface area contributed by atoms with Crippen molar-refractivity contribution >= 4 is 0 Å². The van der Waals surface area contributed by atoms with Gasteiger partial charge in [0.2, 0.25) is 0 Å². The summed E-state index contributed by atoms with van der Waals surface area (Å²) in [6.45, 7) is 4.23. The van der Waals surface area contributed by atoms with Gasteiger partial charge >= 0.3 is 0 Å². The predicted octanol–water partition coefficient (Wildman–Crippen LogP) is 2.58. The van der Waals surface area contributed by atoms with Crippen LogP contribution in [-0.4, -0.2) is 11.2 Å². The minimum atomic E-state index is -0.0967. The summed E-state index contributed by atoms with van der Waals surface area (Å²) in [5.74, 6) is 1.64. The van der Waals surface area contributed by atoms with E-state index < -0.39 is 0 Å². The summed E-state index contributed by atoms with van der Waals surface area (Å²) in [7, 11) is 0. The van der Waals surface area contributed by atoms with Crippen LogP contribution in [0, 0.1) is 11.8 Å². The van der Waals surface area contributed by atoms with Crippen LogP contribution in [0.1, 0.15) is 46.0 Å². The van der Waals surface area contributed by atoms with Crippen LogP contribution in [0.15, 0.2) is 0 Å². The molecule has 0 spiro atoms. The van der Waals surface area contributed by atoms with Gasteiger partial charge in [0.15, 0.2) is 0 Å². The maximum Gasteiger partial charge on any atom is 0.0514 e. The number of aliphatic hydroxyl groups is 1. The van der Waals surface area contributed by atoms with E-state index in [1.807, 2.05) is 6.92 Å². The third kappa shape index (κ3) is 2.82. The number of rotatable bonds is 2. The Bertz CT molecular complexity index is 109. The first-order valence-electron chi connectivity index (χ1n) is 4.88. The van der Waals surface area contributed by atoms with Crippen molar-refractivity contribution in [2.75, 3.05) is 0 Å². The molecule has 0 aliphatic heterocycles. The molecule has 1 fully saturated rings. The minimum Gasteiger partial charge on any atom is -0.393 e. The lowest BCUT2D eigenvalue weighted by atomic mass is 9.78. The zero-order chi connectivity index (χ0) is 8.27. The van der Waals surface area contributed by atoms with Crippen molar-refractivity contribution in [1.29, 1.82) is 0 Å². The third-order valence-corrected chi connectivity index (χ3v) is 2.93. The zero-order valence-corrected chi connectivity index (χ0v) is 7.71. The molecule has 0 bridgehead atoms. The molecule has 0 aromatic carbocycles. The molecule has 3 atom stereocenters. The van der Waals surface area contributed by atoms with Crippen LogP contribution in [0.5, 0.6) is 0 Å². The maximum absolute atomic E-state index is 9.22. The lowest BCUT2D eigenvalue weighted by molar-refractivity contribution is 0.123. The van der Waals surface area contributed by atoms with Crippen molar-refractivity contribution < 1.29 is 5.11 Å². The lowest BCUT2D eigenvalue weighted by Gasteiger charge is -2.29. The van der Waals surface area contributed by atoms with Crippen molar-refractivity contribution in [2.45, 2.75) is 52.1 Å². The summed E-state index contributed by atoms with van der Waals surface area (Å²) >= 11 is 0. The van der Waals surface area contributed by atoms with E-state index in [1.165, 1.54) is 25.7 Å². The Hall–Kier alpha value is -0.0400. The monoisotopic (exact) mass is 156 g/mol. The third-order valence-electron chi connectivity index (χ3n) is 2.93. The van der Waals surface area contributed by atoms with Crippen LogP contribution in [0.25, 0.3) is 0 Å². The molecular weight excluding hydrogens is 136 g/mol. The molecule has 2 unspecified atom stereocenters. The number of aliphatic hydroxyl groups excluding tert-OH is 1. The molecule has 66 valence electrons. The molecule has 1 aliphatic rings. The molecule has 0 saturated heterocycles. The highest BCUT2D eigenvalue weighted by atomic mass is 16.3. The van der Waals surface area contributed by atoms with Gasteiger partial charge in [0.25, 0.3) is 0 Å². The van der Waals surface area contributed by atoms with E-state index >= 15 is 0 Å². The van der Waals surface area contributed by atoms with E-state index in [4.69, 9.17) is 0 Å². The van der Waals surface area contributed by atoms with Gasteiger partial charge in [-0.25, -0.2) is 0 Å². The normalized spacial score (nSPS) is 35.2. The minimum absolute atomic E-state index is 0.0967. The molecule has 1 N–H and O–H groups in total. The average molecular weight is 156 g/mol. The summed E-state index contributed by atoms with van der Waals surface area (Å²) in [5.41, 5.74) is 0. The van der Waals surface area contributed by atoms with E-state index in [0.29, 0.717) is 0 Å². The molecular formula is C10H20O. The van der Waals surface area contributed by atoms with E-state index in [9.17, 15) is 5.11 Å². The lowest BCUT2D eigenvalue weighted by Crippen LogP contribution is -2.20. The highest BCUT2D eigenvalue weighted by Crippen LogP contribution is 2.32. The van der Waals surface area contributed by atoms with Gasteiger partial charge in [-0.3, -0.25) is 0 Å². The molecule has 1 saturated carbocycles. The van der Waals surface area contributed by atoms with Crippen molar-refractivity contribution in [1.82, 2.24) is 0 Å². The highest BCUT2D eigenvalue weighted by molar-refractivity contribution is 4.73. The first-order valence-corrected chi connectivity index (χ1v) is 4.88. The standard InChI is InChI=1S/C10H20O/c1-8-5-3-4-6-10(8)7-9(2)11/h8-11H,3-7H2,1-2H3/t8?,9-,10?/m0/s1. The fourth-order valence-electron chi connectivity index (χ4n) is 2.18. The van der Waals surface area contributed by atoms with Gasteiger partial charge in [0, 0.05) is 0 Å². The summed E-state index contributed by atoms with van der Waals surface area (Å²) in [6, 6.07) is 0. The molecule has 1 aliphatic carbocycles. The Labute approximate surface area is 69.8 Å². The fourth-order valence-corrected chi connectivity index (χ4v) is 2.18. The first-order chi connectivity index (χ1) is 5.20. The van der Waals surface area contributed by atoms with Gasteiger partial charge in [-0.1, -0.05) is 32.6 Å². The van der Waals surface area contributed by atoms with Crippen molar-refractivity contribution in [3.8, 4) is 0 Å². The van der Waals surface area contributed by atoms with E-state index in [0.717, 1.165) is 18.3 Å². The molecule has 11 heavy (non-hydrogen) atoms. The summed E-state index contributed by atoms with van der Waals surface area (Å²) in [4.78, 5) is 0. The SMILES string of the molecule is CC1CCCCC1C[C@H](C)O. The molecule has 0 aromatic rings. The highest BCUT2D eigenvalue weighted by Gasteiger charge is 2.21. The Balaban J connectivity index is 2.29. The molecule has 0 radical (unpaired) electrons. The van der Waals surface area contributed by atoms with Gasteiger partial charge in [0.1, 0.15) is 0 Å². The Morgan fingerprint density at radius 1 is 1.36 bits per heavy atom. The smallest absolute Gasteiger partial charge is 0.0514 e. The van der Waals surface area contributed by atoms with Gasteiger partial charge < -0.3 is 5.11 Å². The second kappa shape index (κ2) is 4.10. The van der Waals surface area contributed by atoms with Gasteiger partial charge in [0.05, 0.1) is 6.10 Å². The van der Waals surface area contributed by atoms with Crippen molar-refractivity contribution in [2.24, 2.45) is 11.8 Å². The summed E-state index contributed by atoms with van der Waals surface area (Å²) in [5, 5.41) is 9.22. The summed E-state index contributed by atoms with van der Waals surface area (Å²) in [6.07, 6.45) is 6.41. The first kappa shape index (κ1) is 9.05. The molecule has 0 aromatic heterocycles. The zero-order valence-electron chi connectivity index (χ0n) is 7.71. The van der Waals surface area contributed by atoms with Gasteiger partial charge in [-0.2, -0.15) is 0 Å². The molecule has 1 heteroatoms. The topological polar surface area (TPSA) is 20.2 Å². The second-order valence-corrected chi connectivity index (χ2v) is 4.11. The van der Waals surface area contributed by atoms with Gasteiger partial charge in [-0.05, 0) is 25.2 Å². The molecule has 1 rings (SSSR count). The second-order valence-electron chi connectivity index (χ2n) is 4.11. The number of hydrogen-bond acceptors (Lipinski definition) is 1. The van der Waals surface area contributed by atoms with E-state index in [2.05, 4.69) is 6.92 Å². The predicted molar refractivity (Wildman–Crippen MR) is 47.4 cm³/mol. The summed E-state index contributed by atoms with van der Waals surface area (Å²) < 4.78 is 0. The average Bonchev–Trinajstić information content (AvgIpc) is 1.93. The molecule has 1 nitrogen and oxygen atoms in total. The van der Waals surface area contributed by atoms with Crippen LogP contribution in [-0.2, 0) is 0 Å². The molecule has 0 amide bonds. The quantitative estimate of drug-likeness (QED) is 0.651. The van der Waals surface area contributed by atoms with Gasteiger partial charge in [-0.15, -0.1) is 0 Å². The van der Waals surface area contributed by atoms with Crippen molar-refractivity contribution in [3.63, 3.8) is 0 Å². The van der Waals surface area contributed by atoms with Crippen LogP contribution < -0.4 is 0 Å². The van der Waals surface area contributed by atoms with Crippen LogP contribution in [0.3, 0.4) is 0 Å². The number of hydrogen-bond donors (Lipinski definition) is 1. The Morgan fingerprint density at radius 2 is 2.00 bits per heavy atom. The maximum atomic E-state index is 9.22. The van der Waals surface area contributed by atoms with Crippen LogP contribution in [0.4, 0.5) is 0 Å². The molecule has 0 heterocycles. The Kier molecular flexibility index (Phi) is 3.38. The fraction of sp³-hybridized carbons (Fsp3) is 1.00. The van der Waals surface area contributed by atoms with E-state index in [-0.39, 0.29) is 6.10 Å². The van der Waals surface area contributed by atoms with E-state index in [1.54, 1.807) is 0 Å². The largest absolute Gasteiger partial charge is 0.393 e. The van der Waals surface area contributed by atoms with Crippen LogP contribution in [0.2, 0.25) is 0 Å². The van der Waals surface area contributed by atoms with Crippen LogP contribution >= 0.6 is 0 Å². The van der Waals surface area contributed by atoms with Crippen molar-refractivity contribution in [3.05, 3.63) is 0 Å².